The van der Waals surface area contributed by atoms with Crippen molar-refractivity contribution in [1.29, 1.82) is 0 Å². The van der Waals surface area contributed by atoms with Crippen LogP contribution in [0, 0.1) is 5.21 Å². The smallest absolute Gasteiger partial charge is 0.161 e. The summed E-state index contributed by atoms with van der Waals surface area (Å²) < 4.78 is 5.59. The lowest BCUT2D eigenvalue weighted by atomic mass is 10.0. The number of morpholine rings is 1. The van der Waals surface area contributed by atoms with E-state index in [9.17, 15) is 5.21 Å². The standard InChI is InChI=1S/C18H23N5O2/c1-12-11-25-9-8-23(12)18-15-6-7-19-10-16(15)20-17(21-18)13-2-4-14(22-24)5-3-13/h2-5,12,19H,6-11,22H2,1H3/t12-/m0/s1. The number of hydrogen-bond donors (Lipinski definition) is 2. The minimum atomic E-state index is 0.299. The maximum Gasteiger partial charge on any atom is 0.161 e. The highest BCUT2D eigenvalue weighted by Crippen LogP contribution is 2.29. The van der Waals surface area contributed by atoms with Gasteiger partial charge in [0.15, 0.2) is 5.82 Å². The Balaban J connectivity index is 1.78. The average molecular weight is 341 g/mol. The van der Waals surface area contributed by atoms with Gasteiger partial charge in [0.2, 0.25) is 0 Å². The summed E-state index contributed by atoms with van der Waals surface area (Å²) in [7, 11) is 0. The summed E-state index contributed by atoms with van der Waals surface area (Å²) >= 11 is 0. The van der Waals surface area contributed by atoms with Crippen LogP contribution in [0.5, 0.6) is 0 Å². The number of nitrogens with one attached hydrogen (secondary N) is 1. The van der Waals surface area contributed by atoms with E-state index >= 15 is 0 Å². The molecule has 132 valence electrons. The van der Waals surface area contributed by atoms with E-state index in [1.54, 1.807) is 12.1 Å². The summed E-state index contributed by atoms with van der Waals surface area (Å²) in [6, 6.07) is 7.73. The number of rotatable bonds is 3. The molecule has 0 unspecified atom stereocenters. The van der Waals surface area contributed by atoms with Crippen LogP contribution in [-0.4, -0.2) is 42.3 Å². The topological polar surface area (TPSA) is 90.0 Å². The van der Waals surface area contributed by atoms with Crippen LogP contribution < -0.4 is 15.7 Å². The Hall–Kier alpha value is -2.06. The molecule has 1 fully saturated rings. The number of ether oxygens (including phenoxy) is 1. The fourth-order valence-electron chi connectivity index (χ4n) is 3.46. The molecule has 25 heavy (non-hydrogen) atoms. The van der Waals surface area contributed by atoms with Crippen molar-refractivity contribution in [3.8, 4) is 11.4 Å². The molecule has 0 spiro atoms. The molecule has 0 bridgehead atoms. The Morgan fingerprint density at radius 1 is 1.28 bits per heavy atom. The summed E-state index contributed by atoms with van der Waals surface area (Å²) in [6.07, 6.45) is 0.944. The van der Waals surface area contributed by atoms with Gasteiger partial charge in [0.25, 0.3) is 0 Å². The predicted molar refractivity (Wildman–Crippen MR) is 95.5 cm³/mol. The van der Waals surface area contributed by atoms with Gasteiger partial charge in [0.1, 0.15) is 11.5 Å². The molecular formula is C18H23N5O2. The van der Waals surface area contributed by atoms with Crippen molar-refractivity contribution in [3.63, 3.8) is 0 Å². The predicted octanol–water partition coefficient (Wildman–Crippen LogP) is 0.707. The van der Waals surface area contributed by atoms with Crippen molar-refractivity contribution < 1.29 is 10.2 Å². The highest BCUT2D eigenvalue weighted by atomic mass is 16.5. The first-order valence-corrected chi connectivity index (χ1v) is 8.77. The maximum atomic E-state index is 10.9. The number of nitrogens with two attached hydrogens (primary N) is 1. The summed E-state index contributed by atoms with van der Waals surface area (Å²) in [5.74, 6) is 1.75. The molecule has 0 saturated carbocycles. The molecule has 7 nitrogen and oxygen atoms in total. The minimum Gasteiger partial charge on any atom is -0.630 e. The molecule has 1 aromatic heterocycles. The van der Waals surface area contributed by atoms with Crippen molar-refractivity contribution in [1.82, 2.24) is 15.3 Å². The molecule has 0 aliphatic carbocycles. The summed E-state index contributed by atoms with van der Waals surface area (Å²) in [5.41, 5.74) is 4.76. The number of anilines is 1. The van der Waals surface area contributed by atoms with E-state index in [4.69, 9.17) is 14.7 Å². The van der Waals surface area contributed by atoms with Crippen molar-refractivity contribution in [3.05, 3.63) is 40.7 Å². The monoisotopic (exact) mass is 341 g/mol. The molecule has 0 amide bonds. The van der Waals surface area contributed by atoms with Gasteiger partial charge in [-0.05, 0) is 44.2 Å². The van der Waals surface area contributed by atoms with Crippen LogP contribution in [0.15, 0.2) is 24.3 Å². The van der Waals surface area contributed by atoms with Crippen LogP contribution in [0.2, 0.25) is 0 Å². The molecule has 2 aliphatic heterocycles. The van der Waals surface area contributed by atoms with E-state index < -0.39 is 0 Å². The molecule has 1 atom stereocenters. The van der Waals surface area contributed by atoms with E-state index in [1.165, 1.54) is 5.56 Å². The molecule has 0 radical (unpaired) electrons. The zero-order chi connectivity index (χ0) is 17.2. The zero-order valence-corrected chi connectivity index (χ0v) is 14.4. The fraction of sp³-hybridized carbons (Fsp3) is 0.444. The quantitative estimate of drug-likeness (QED) is 0.631. The van der Waals surface area contributed by atoms with Crippen molar-refractivity contribution in [2.24, 2.45) is 0 Å². The first-order chi connectivity index (χ1) is 12.3. The first-order valence-electron chi connectivity index (χ1n) is 8.77. The molecule has 2 aliphatic rings. The number of benzene rings is 1. The lowest BCUT2D eigenvalue weighted by Gasteiger charge is -2.36. The number of aromatic nitrogens is 2. The van der Waals surface area contributed by atoms with Gasteiger partial charge in [-0.25, -0.2) is 9.97 Å². The number of nitrogens with zero attached hydrogens (tertiary/aromatic N) is 3. The average Bonchev–Trinajstić information content (AvgIpc) is 2.68. The van der Waals surface area contributed by atoms with Crippen LogP contribution in [0.1, 0.15) is 18.2 Å². The second-order valence-corrected chi connectivity index (χ2v) is 6.58. The highest BCUT2D eigenvalue weighted by Gasteiger charge is 2.26. The molecule has 7 heteroatoms. The lowest BCUT2D eigenvalue weighted by molar-refractivity contribution is -0.497. The molecule has 2 aromatic rings. The fourth-order valence-corrected chi connectivity index (χ4v) is 3.46. The van der Waals surface area contributed by atoms with Gasteiger partial charge in [0, 0.05) is 24.2 Å². The third kappa shape index (κ3) is 3.23. The van der Waals surface area contributed by atoms with Gasteiger partial charge in [0.05, 0.1) is 24.9 Å². The van der Waals surface area contributed by atoms with Crippen LogP contribution in [-0.2, 0) is 17.7 Å². The third-order valence-electron chi connectivity index (χ3n) is 4.86. The van der Waals surface area contributed by atoms with Gasteiger partial charge < -0.3 is 25.6 Å². The normalized spacial score (nSPS) is 20.4. The Morgan fingerprint density at radius 3 is 2.88 bits per heavy atom. The summed E-state index contributed by atoms with van der Waals surface area (Å²) in [5, 5.41) is 14.3. The van der Waals surface area contributed by atoms with Gasteiger partial charge in [-0.3, -0.25) is 0 Å². The van der Waals surface area contributed by atoms with E-state index in [2.05, 4.69) is 17.1 Å². The molecule has 3 heterocycles. The Morgan fingerprint density at radius 2 is 2.12 bits per heavy atom. The molecule has 1 aromatic carbocycles. The molecule has 1 saturated heterocycles. The highest BCUT2D eigenvalue weighted by molar-refractivity contribution is 5.62. The van der Waals surface area contributed by atoms with Gasteiger partial charge in [-0.15, -0.1) is 0 Å². The molecule has 3 N–H and O–H groups in total. The van der Waals surface area contributed by atoms with Gasteiger partial charge in [-0.1, -0.05) is 0 Å². The van der Waals surface area contributed by atoms with Crippen molar-refractivity contribution in [2.75, 3.05) is 31.2 Å². The molecular weight excluding hydrogens is 318 g/mol. The number of fused-ring (bicyclic) bond motifs is 1. The minimum absolute atomic E-state index is 0.299. The van der Waals surface area contributed by atoms with Crippen LogP contribution in [0.4, 0.5) is 11.5 Å². The van der Waals surface area contributed by atoms with E-state index in [0.29, 0.717) is 17.6 Å². The van der Waals surface area contributed by atoms with E-state index in [0.717, 1.165) is 61.8 Å². The summed E-state index contributed by atoms with van der Waals surface area (Å²) in [6.45, 7) is 6.19. The van der Waals surface area contributed by atoms with Crippen molar-refractivity contribution in [2.45, 2.75) is 25.9 Å². The van der Waals surface area contributed by atoms with Crippen LogP contribution in [0.3, 0.4) is 0 Å². The van der Waals surface area contributed by atoms with E-state index in [-0.39, 0.29) is 0 Å². The second-order valence-electron chi connectivity index (χ2n) is 6.58. The largest absolute Gasteiger partial charge is 0.630 e. The second kappa shape index (κ2) is 7.05. The maximum absolute atomic E-state index is 10.9. The van der Waals surface area contributed by atoms with Gasteiger partial charge in [-0.2, -0.15) is 0 Å². The lowest BCUT2D eigenvalue weighted by Crippen LogP contribution is -2.70. The number of hydrogen-bond acceptors (Lipinski definition) is 6. The summed E-state index contributed by atoms with van der Waals surface area (Å²) in [4.78, 5) is 12.1. The Kier molecular flexibility index (Phi) is 4.63. The van der Waals surface area contributed by atoms with Crippen LogP contribution in [0.25, 0.3) is 11.4 Å². The number of quaternary nitrogens is 1. The zero-order valence-electron chi connectivity index (χ0n) is 14.4. The van der Waals surface area contributed by atoms with Crippen LogP contribution >= 0.6 is 0 Å². The molecule has 4 rings (SSSR count). The third-order valence-corrected chi connectivity index (χ3v) is 4.86. The Labute approximate surface area is 147 Å². The van der Waals surface area contributed by atoms with Gasteiger partial charge >= 0.3 is 0 Å². The van der Waals surface area contributed by atoms with E-state index in [1.807, 2.05) is 12.1 Å². The SMILES string of the molecule is C[C@H]1COCCN1c1nc(-c2ccc([NH2+][O-])cc2)nc2c1CCNC2. The first kappa shape index (κ1) is 16.4. The van der Waals surface area contributed by atoms with Crippen molar-refractivity contribution >= 4 is 11.5 Å². The Bertz CT molecular complexity index is 750.